The third kappa shape index (κ3) is 4.29. The number of benzene rings is 3. The van der Waals surface area contributed by atoms with E-state index in [4.69, 9.17) is 4.74 Å². The Bertz CT molecular complexity index is 1430. The highest BCUT2D eigenvalue weighted by atomic mass is 16.6. The topological polar surface area (TPSA) is 142 Å². The highest BCUT2D eigenvalue weighted by molar-refractivity contribution is 5.98. The van der Waals surface area contributed by atoms with Gasteiger partial charge < -0.3 is 15.2 Å². The number of nitro groups is 1. The van der Waals surface area contributed by atoms with E-state index in [2.05, 4.69) is 5.32 Å². The molecule has 3 aromatic carbocycles. The second-order valence-corrected chi connectivity index (χ2v) is 9.73. The molecule has 0 saturated carbocycles. The van der Waals surface area contributed by atoms with Crippen molar-refractivity contribution < 1.29 is 29.2 Å². The van der Waals surface area contributed by atoms with Crippen LogP contribution in [0, 0.1) is 16.0 Å². The molecule has 11 heteroatoms. The van der Waals surface area contributed by atoms with Crippen LogP contribution in [0.25, 0.3) is 0 Å². The van der Waals surface area contributed by atoms with Crippen LogP contribution in [0.15, 0.2) is 84.9 Å². The van der Waals surface area contributed by atoms with Crippen LogP contribution >= 0.6 is 0 Å². The number of aliphatic hydroxyl groups is 1. The van der Waals surface area contributed by atoms with Gasteiger partial charge in [0.05, 0.1) is 24.1 Å². The summed E-state index contributed by atoms with van der Waals surface area (Å²) in [4.78, 5) is 51.4. The van der Waals surface area contributed by atoms with Crippen molar-refractivity contribution in [2.75, 3.05) is 7.11 Å². The molecular weight excluding hydrogens is 516 g/mol. The lowest BCUT2D eigenvalue weighted by atomic mass is 9.82. The van der Waals surface area contributed by atoms with Crippen LogP contribution in [0.1, 0.15) is 46.9 Å². The van der Waals surface area contributed by atoms with Crippen molar-refractivity contribution in [1.29, 1.82) is 0 Å². The molecule has 2 aliphatic rings. The fourth-order valence-corrected chi connectivity index (χ4v) is 5.79. The first-order chi connectivity index (χ1) is 19.2. The molecule has 5 atom stereocenters. The summed E-state index contributed by atoms with van der Waals surface area (Å²) in [6.07, 6.45) is -0.0284. The van der Waals surface area contributed by atoms with E-state index in [0.717, 1.165) is 5.01 Å². The molecule has 0 unspecified atom stereocenters. The Hall–Kier alpha value is -4.61. The molecule has 40 heavy (non-hydrogen) atoms. The third-order valence-electron chi connectivity index (χ3n) is 7.66. The zero-order chi connectivity index (χ0) is 28.6. The first kappa shape index (κ1) is 27.0. The van der Waals surface area contributed by atoms with Gasteiger partial charge in [-0.15, -0.1) is 0 Å². The Morgan fingerprint density at radius 1 is 0.975 bits per heavy atom. The summed E-state index contributed by atoms with van der Waals surface area (Å²) in [6.45, 7) is 1.65. The first-order valence-electron chi connectivity index (χ1n) is 12.8. The highest BCUT2D eigenvalue weighted by Gasteiger charge is 2.69. The van der Waals surface area contributed by atoms with Crippen molar-refractivity contribution in [2.24, 2.45) is 5.92 Å². The average Bonchev–Trinajstić information content (AvgIpc) is 3.42. The molecular formula is C29H28N4O7. The molecule has 5 rings (SSSR count). The summed E-state index contributed by atoms with van der Waals surface area (Å²) >= 11 is 0. The van der Waals surface area contributed by atoms with Gasteiger partial charge in [-0.05, 0) is 29.7 Å². The van der Waals surface area contributed by atoms with E-state index < -0.39 is 52.5 Å². The number of hydrogen-bond acceptors (Lipinski definition) is 8. The number of ether oxygens (including phenoxy) is 1. The summed E-state index contributed by atoms with van der Waals surface area (Å²) in [5.41, 5.74) is -0.680. The fraction of sp³-hybridized carbons (Fsp3) is 0.276. The van der Waals surface area contributed by atoms with E-state index in [9.17, 15) is 29.6 Å². The van der Waals surface area contributed by atoms with Gasteiger partial charge in [-0.3, -0.25) is 24.5 Å². The van der Waals surface area contributed by atoms with E-state index in [1.165, 1.54) is 31.4 Å². The Morgan fingerprint density at radius 2 is 1.55 bits per heavy atom. The molecule has 0 radical (unpaired) electrons. The van der Waals surface area contributed by atoms with Gasteiger partial charge in [-0.2, -0.15) is 5.01 Å². The van der Waals surface area contributed by atoms with Gasteiger partial charge in [-0.25, -0.2) is 5.01 Å². The third-order valence-corrected chi connectivity index (χ3v) is 7.66. The molecule has 3 aromatic rings. The minimum atomic E-state index is -2.00. The molecule has 0 spiro atoms. The summed E-state index contributed by atoms with van der Waals surface area (Å²) in [7, 11) is 1.20. The van der Waals surface area contributed by atoms with E-state index in [1.807, 2.05) is 6.07 Å². The molecule has 11 nitrogen and oxygen atoms in total. The maximum Gasteiger partial charge on any atom is 0.315 e. The number of fused-ring (bicyclic) bond motifs is 1. The van der Waals surface area contributed by atoms with E-state index >= 15 is 0 Å². The van der Waals surface area contributed by atoms with Gasteiger partial charge in [0.25, 0.3) is 17.5 Å². The number of hydrazine groups is 1. The number of rotatable bonds is 7. The van der Waals surface area contributed by atoms with Crippen molar-refractivity contribution in [3.8, 4) is 0 Å². The van der Waals surface area contributed by atoms with Crippen LogP contribution < -0.4 is 5.32 Å². The Morgan fingerprint density at radius 3 is 2.10 bits per heavy atom. The van der Waals surface area contributed by atoms with Crippen molar-refractivity contribution in [2.45, 2.75) is 37.2 Å². The van der Waals surface area contributed by atoms with Crippen molar-refractivity contribution in [3.05, 3.63) is 112 Å². The second-order valence-electron chi connectivity index (χ2n) is 9.73. The largest absolute Gasteiger partial charge is 0.469 e. The Kier molecular flexibility index (Phi) is 7.09. The number of nitrogens with one attached hydrogen (secondary N) is 1. The number of nitrogens with zero attached hydrogens (tertiary/aromatic N) is 3. The Balaban J connectivity index is 1.68. The number of amides is 2. The predicted octanol–water partition coefficient (Wildman–Crippen LogP) is 3.14. The van der Waals surface area contributed by atoms with E-state index in [1.54, 1.807) is 66.5 Å². The molecule has 0 aromatic heterocycles. The molecule has 2 saturated heterocycles. The number of hydrogen-bond donors (Lipinski definition) is 2. The van der Waals surface area contributed by atoms with Gasteiger partial charge in [-0.1, -0.05) is 67.6 Å². The van der Waals surface area contributed by atoms with Crippen molar-refractivity contribution in [3.63, 3.8) is 0 Å². The summed E-state index contributed by atoms with van der Waals surface area (Å²) in [6, 6.07) is 20.2. The lowest BCUT2D eigenvalue weighted by Gasteiger charge is -2.35. The van der Waals surface area contributed by atoms with Gasteiger partial charge in [0.15, 0.2) is 5.72 Å². The minimum Gasteiger partial charge on any atom is -0.469 e. The van der Waals surface area contributed by atoms with Crippen LogP contribution in [0.2, 0.25) is 0 Å². The maximum absolute atomic E-state index is 14.2. The van der Waals surface area contributed by atoms with Crippen molar-refractivity contribution in [1.82, 2.24) is 15.3 Å². The SMILES string of the molecule is CC[C@@]1(O)[C@@H](C(=O)OC)[C@H](c2ccc([N+](=O)[O-])cc2)N2[C@H](c3ccccc3)[C@@H](NC(=O)c3ccccc3)C(=O)N21. The lowest BCUT2D eigenvalue weighted by molar-refractivity contribution is -0.384. The number of carbonyl (C=O) groups is 3. The number of non-ortho nitro benzene ring substituents is 1. The van der Waals surface area contributed by atoms with Crippen LogP contribution in [0.5, 0.6) is 0 Å². The molecule has 2 N–H and O–H groups in total. The molecule has 2 aliphatic heterocycles. The number of carbonyl (C=O) groups excluding carboxylic acids is 3. The number of nitro benzene ring substituents is 1. The lowest BCUT2D eigenvalue weighted by Crippen LogP contribution is -2.55. The van der Waals surface area contributed by atoms with Crippen molar-refractivity contribution >= 4 is 23.5 Å². The van der Waals surface area contributed by atoms with Gasteiger partial charge >= 0.3 is 5.97 Å². The smallest absolute Gasteiger partial charge is 0.315 e. The van der Waals surface area contributed by atoms with Gasteiger partial charge in [0.1, 0.15) is 12.0 Å². The maximum atomic E-state index is 14.2. The minimum absolute atomic E-state index is 0.0284. The highest BCUT2D eigenvalue weighted by Crippen LogP contribution is 2.56. The summed E-state index contributed by atoms with van der Waals surface area (Å²) in [5, 5.41) is 29.0. The van der Waals surface area contributed by atoms with Crippen LogP contribution in [-0.4, -0.2) is 56.7 Å². The number of methoxy groups -OCH3 is 1. The Labute approximate surface area is 230 Å². The summed E-state index contributed by atoms with van der Waals surface area (Å²) < 4.78 is 5.09. The van der Waals surface area contributed by atoms with E-state index in [0.29, 0.717) is 16.7 Å². The second kappa shape index (κ2) is 10.5. The van der Waals surface area contributed by atoms with Crippen LogP contribution in [0.3, 0.4) is 0 Å². The van der Waals surface area contributed by atoms with Gasteiger partial charge in [0.2, 0.25) is 0 Å². The molecule has 206 valence electrons. The standard InChI is InChI=1S/C29H28N4O7/c1-3-29(37)22(28(36)40-2)24(19-14-16-21(17-15-19)33(38)39)31-25(18-10-6-4-7-11-18)23(27(35)32(29)31)30-26(34)20-12-8-5-9-13-20/h4-17,22-25,37H,3H2,1-2H3,(H,30,34)/t22-,23-,24+,25-,29-/m1/s1. The monoisotopic (exact) mass is 544 g/mol. The quantitative estimate of drug-likeness (QED) is 0.262. The van der Waals surface area contributed by atoms with Crippen LogP contribution in [0.4, 0.5) is 5.69 Å². The molecule has 2 fully saturated rings. The van der Waals surface area contributed by atoms with E-state index in [-0.39, 0.29) is 12.1 Å². The fourth-order valence-electron chi connectivity index (χ4n) is 5.79. The average molecular weight is 545 g/mol. The first-order valence-corrected chi connectivity index (χ1v) is 12.8. The normalized spacial score (nSPS) is 25.9. The zero-order valence-corrected chi connectivity index (χ0v) is 21.8. The molecule has 2 amide bonds. The summed E-state index contributed by atoms with van der Waals surface area (Å²) in [5.74, 6) is -3.06. The molecule has 0 bridgehead atoms. The van der Waals surface area contributed by atoms with Crippen LogP contribution in [-0.2, 0) is 14.3 Å². The predicted molar refractivity (Wildman–Crippen MR) is 142 cm³/mol. The molecule has 2 heterocycles. The molecule has 0 aliphatic carbocycles. The number of esters is 1. The zero-order valence-electron chi connectivity index (χ0n) is 21.8. The van der Waals surface area contributed by atoms with Gasteiger partial charge in [0, 0.05) is 17.7 Å².